The van der Waals surface area contributed by atoms with Gasteiger partial charge in [0, 0.05) is 30.5 Å². The maximum atomic E-state index is 9.47. The highest BCUT2D eigenvalue weighted by atomic mass is 16.3. The summed E-state index contributed by atoms with van der Waals surface area (Å²) in [6, 6.07) is 0.626. The van der Waals surface area contributed by atoms with Gasteiger partial charge in [-0.2, -0.15) is 0 Å². The van der Waals surface area contributed by atoms with Gasteiger partial charge in [0.1, 0.15) is 5.82 Å². The number of aromatic nitrogens is 2. The molecule has 1 aliphatic carbocycles. The van der Waals surface area contributed by atoms with E-state index in [1.807, 2.05) is 19.3 Å². The maximum Gasteiger partial charge on any atom is 0.105 e. The van der Waals surface area contributed by atoms with Crippen LogP contribution in [0.1, 0.15) is 32.0 Å². The molecule has 0 amide bonds. The van der Waals surface area contributed by atoms with Crippen molar-refractivity contribution >= 4 is 0 Å². The summed E-state index contributed by atoms with van der Waals surface area (Å²) in [5, 5.41) is 13.0. The zero-order chi connectivity index (χ0) is 11.6. The summed E-state index contributed by atoms with van der Waals surface area (Å²) in [6.45, 7) is 5.20. The van der Waals surface area contributed by atoms with Crippen LogP contribution in [-0.2, 0) is 6.54 Å². The summed E-state index contributed by atoms with van der Waals surface area (Å²) < 4.78 is 2.13. The number of rotatable bonds is 6. The zero-order valence-electron chi connectivity index (χ0n) is 10.1. The van der Waals surface area contributed by atoms with Crippen molar-refractivity contribution < 1.29 is 5.11 Å². The normalized spacial score (nSPS) is 19.7. The monoisotopic (exact) mass is 223 g/mol. The highest BCUT2D eigenvalue weighted by Crippen LogP contribution is 2.24. The third-order valence-electron chi connectivity index (χ3n) is 3.31. The zero-order valence-corrected chi connectivity index (χ0v) is 10.1. The molecule has 2 rings (SSSR count). The van der Waals surface area contributed by atoms with Crippen LogP contribution < -0.4 is 5.32 Å². The van der Waals surface area contributed by atoms with Crippen LogP contribution in [0.25, 0.3) is 0 Å². The maximum absolute atomic E-state index is 9.47. The van der Waals surface area contributed by atoms with Gasteiger partial charge in [0.05, 0.1) is 6.61 Å². The third kappa shape index (κ3) is 2.83. The van der Waals surface area contributed by atoms with Crippen molar-refractivity contribution in [3.05, 3.63) is 18.2 Å². The average Bonchev–Trinajstić information content (AvgIpc) is 2.97. The number of hydrogen-bond donors (Lipinski definition) is 2. The van der Waals surface area contributed by atoms with Crippen LogP contribution in [0.2, 0.25) is 0 Å². The van der Waals surface area contributed by atoms with E-state index in [-0.39, 0.29) is 12.1 Å². The first kappa shape index (κ1) is 11.6. The van der Waals surface area contributed by atoms with E-state index in [0.717, 1.165) is 18.8 Å². The molecule has 1 atom stereocenters. The fourth-order valence-electron chi connectivity index (χ4n) is 1.92. The number of aliphatic hydroxyl groups excluding tert-OH is 1. The van der Waals surface area contributed by atoms with Crippen molar-refractivity contribution in [2.24, 2.45) is 0 Å². The van der Waals surface area contributed by atoms with Crippen molar-refractivity contribution in [2.45, 2.75) is 51.2 Å². The first-order chi connectivity index (χ1) is 7.63. The van der Waals surface area contributed by atoms with Crippen LogP contribution in [0.3, 0.4) is 0 Å². The second-order valence-electron chi connectivity index (χ2n) is 5.06. The van der Waals surface area contributed by atoms with Gasteiger partial charge in [-0.1, -0.05) is 0 Å². The van der Waals surface area contributed by atoms with Crippen LogP contribution in [-0.4, -0.2) is 32.8 Å². The van der Waals surface area contributed by atoms with Crippen molar-refractivity contribution in [1.82, 2.24) is 14.9 Å². The quantitative estimate of drug-likeness (QED) is 0.759. The summed E-state index contributed by atoms with van der Waals surface area (Å²) in [7, 11) is 0. The van der Waals surface area contributed by atoms with Gasteiger partial charge in [0.15, 0.2) is 0 Å². The van der Waals surface area contributed by atoms with E-state index in [1.165, 1.54) is 12.8 Å². The number of aryl methyl sites for hydroxylation is 2. The van der Waals surface area contributed by atoms with Gasteiger partial charge in [-0.25, -0.2) is 4.98 Å². The molecule has 0 saturated heterocycles. The number of imidazole rings is 1. The molecule has 4 heteroatoms. The lowest BCUT2D eigenvalue weighted by Crippen LogP contribution is -2.47. The Hall–Kier alpha value is -0.870. The van der Waals surface area contributed by atoms with Gasteiger partial charge >= 0.3 is 0 Å². The number of aliphatic hydroxyl groups is 1. The molecule has 1 heterocycles. The molecule has 1 aromatic rings. The predicted molar refractivity (Wildman–Crippen MR) is 63.2 cm³/mol. The Morgan fingerprint density at radius 3 is 2.88 bits per heavy atom. The molecular formula is C12H21N3O. The Kier molecular flexibility index (Phi) is 3.30. The standard InChI is InChI=1S/C12H21N3O/c1-10-13-6-8-15(10)7-5-12(2,9-16)14-11-3-4-11/h6,8,11,14,16H,3-5,7,9H2,1-2H3. The van der Waals surface area contributed by atoms with Crippen molar-refractivity contribution in [3.8, 4) is 0 Å². The van der Waals surface area contributed by atoms with Crippen molar-refractivity contribution in [3.63, 3.8) is 0 Å². The number of nitrogens with one attached hydrogen (secondary N) is 1. The van der Waals surface area contributed by atoms with Gasteiger partial charge in [-0.15, -0.1) is 0 Å². The van der Waals surface area contributed by atoms with Gasteiger partial charge in [-0.3, -0.25) is 0 Å². The largest absolute Gasteiger partial charge is 0.394 e. The van der Waals surface area contributed by atoms with Crippen molar-refractivity contribution in [2.75, 3.05) is 6.61 Å². The highest BCUT2D eigenvalue weighted by Gasteiger charge is 2.31. The lowest BCUT2D eigenvalue weighted by molar-refractivity contribution is 0.159. The summed E-state index contributed by atoms with van der Waals surface area (Å²) in [5.74, 6) is 1.03. The Bertz CT molecular complexity index is 346. The molecule has 0 spiro atoms. The Morgan fingerprint density at radius 2 is 2.38 bits per heavy atom. The van der Waals surface area contributed by atoms with E-state index in [4.69, 9.17) is 0 Å². The summed E-state index contributed by atoms with van der Waals surface area (Å²) >= 11 is 0. The third-order valence-corrected chi connectivity index (χ3v) is 3.31. The molecule has 1 fully saturated rings. The first-order valence-electron chi connectivity index (χ1n) is 5.99. The molecule has 16 heavy (non-hydrogen) atoms. The molecule has 0 aliphatic heterocycles. The minimum atomic E-state index is -0.155. The Balaban J connectivity index is 1.88. The molecule has 2 N–H and O–H groups in total. The topological polar surface area (TPSA) is 50.1 Å². The minimum Gasteiger partial charge on any atom is -0.394 e. The summed E-state index contributed by atoms with van der Waals surface area (Å²) in [4.78, 5) is 4.20. The van der Waals surface area contributed by atoms with Crippen LogP contribution in [0.4, 0.5) is 0 Å². The number of nitrogens with zero attached hydrogens (tertiary/aromatic N) is 2. The van der Waals surface area contributed by atoms with E-state index in [2.05, 4.69) is 21.8 Å². The van der Waals surface area contributed by atoms with E-state index < -0.39 is 0 Å². The smallest absolute Gasteiger partial charge is 0.105 e. The van der Waals surface area contributed by atoms with Crippen LogP contribution >= 0.6 is 0 Å². The van der Waals surface area contributed by atoms with E-state index in [1.54, 1.807) is 0 Å². The Labute approximate surface area is 96.7 Å². The molecule has 4 nitrogen and oxygen atoms in total. The Morgan fingerprint density at radius 1 is 1.62 bits per heavy atom. The minimum absolute atomic E-state index is 0.155. The molecule has 0 radical (unpaired) electrons. The van der Waals surface area contributed by atoms with Crippen LogP contribution in [0, 0.1) is 6.92 Å². The van der Waals surface area contributed by atoms with E-state index >= 15 is 0 Å². The lowest BCUT2D eigenvalue weighted by Gasteiger charge is -2.29. The SMILES string of the molecule is Cc1nccn1CCC(C)(CO)NC1CC1. The van der Waals surface area contributed by atoms with E-state index in [9.17, 15) is 5.11 Å². The van der Waals surface area contributed by atoms with Gasteiger partial charge in [-0.05, 0) is 33.1 Å². The van der Waals surface area contributed by atoms with Crippen LogP contribution in [0.15, 0.2) is 12.4 Å². The highest BCUT2D eigenvalue weighted by molar-refractivity contribution is 4.94. The summed E-state index contributed by atoms with van der Waals surface area (Å²) in [6.07, 6.45) is 7.24. The lowest BCUT2D eigenvalue weighted by atomic mass is 9.98. The molecule has 90 valence electrons. The molecule has 0 bridgehead atoms. The summed E-state index contributed by atoms with van der Waals surface area (Å²) in [5.41, 5.74) is -0.155. The molecule has 0 aromatic carbocycles. The molecule has 1 unspecified atom stereocenters. The van der Waals surface area contributed by atoms with Crippen molar-refractivity contribution in [1.29, 1.82) is 0 Å². The predicted octanol–water partition coefficient (Wildman–Crippen LogP) is 1.08. The van der Waals surface area contributed by atoms with E-state index in [0.29, 0.717) is 6.04 Å². The molecule has 1 saturated carbocycles. The molecular weight excluding hydrogens is 202 g/mol. The molecule has 1 aromatic heterocycles. The first-order valence-corrected chi connectivity index (χ1v) is 5.99. The second-order valence-corrected chi connectivity index (χ2v) is 5.06. The van der Waals surface area contributed by atoms with Gasteiger partial charge < -0.3 is 15.0 Å². The number of hydrogen-bond acceptors (Lipinski definition) is 3. The fourth-order valence-corrected chi connectivity index (χ4v) is 1.92. The fraction of sp³-hybridized carbons (Fsp3) is 0.750. The van der Waals surface area contributed by atoms with Gasteiger partial charge in [0.25, 0.3) is 0 Å². The molecule has 1 aliphatic rings. The second kappa shape index (κ2) is 4.55. The van der Waals surface area contributed by atoms with Gasteiger partial charge in [0.2, 0.25) is 0 Å². The average molecular weight is 223 g/mol. The van der Waals surface area contributed by atoms with Crippen LogP contribution in [0.5, 0.6) is 0 Å².